The lowest BCUT2D eigenvalue weighted by molar-refractivity contribution is 0.0984. The van der Waals surface area contributed by atoms with E-state index in [1.165, 1.54) is 0 Å². The Bertz CT molecular complexity index is 874. The highest BCUT2D eigenvalue weighted by Gasteiger charge is 2.33. The van der Waals surface area contributed by atoms with E-state index in [4.69, 9.17) is 0 Å². The van der Waals surface area contributed by atoms with E-state index in [0.717, 1.165) is 35.3 Å². The number of rotatable bonds is 3. The predicted molar refractivity (Wildman–Crippen MR) is 91.7 cm³/mol. The zero-order valence-corrected chi connectivity index (χ0v) is 14.7. The van der Waals surface area contributed by atoms with Crippen molar-refractivity contribution in [1.82, 2.24) is 4.98 Å². The maximum atomic E-state index is 12.9. The summed E-state index contributed by atoms with van der Waals surface area (Å²) in [7, 11) is -3.41. The molecule has 2 heterocycles. The van der Waals surface area contributed by atoms with E-state index in [1.54, 1.807) is 11.8 Å². The summed E-state index contributed by atoms with van der Waals surface area (Å²) in [5, 5.41) is 0.216. The van der Waals surface area contributed by atoms with E-state index in [1.807, 2.05) is 31.2 Å². The first-order valence-corrected chi connectivity index (χ1v) is 9.84. The molecular formula is C15H17N3O3S2. The summed E-state index contributed by atoms with van der Waals surface area (Å²) in [6.45, 7) is 3.72. The van der Waals surface area contributed by atoms with Gasteiger partial charge in [0.25, 0.3) is 5.91 Å². The fourth-order valence-corrected chi connectivity index (χ4v) is 4.52. The highest BCUT2D eigenvalue weighted by molar-refractivity contribution is 7.92. The lowest BCUT2D eigenvalue weighted by Gasteiger charge is -2.22. The van der Waals surface area contributed by atoms with E-state index < -0.39 is 10.0 Å². The molecule has 0 spiro atoms. The molecule has 122 valence electrons. The topological polar surface area (TPSA) is 79.4 Å². The van der Waals surface area contributed by atoms with Gasteiger partial charge in [-0.2, -0.15) is 0 Å². The summed E-state index contributed by atoms with van der Waals surface area (Å²) >= 11 is 1.07. The molecule has 1 amide bonds. The molecule has 0 saturated heterocycles. The van der Waals surface area contributed by atoms with Crippen molar-refractivity contribution in [1.29, 1.82) is 0 Å². The van der Waals surface area contributed by atoms with Crippen LogP contribution in [0.4, 0.5) is 10.8 Å². The van der Waals surface area contributed by atoms with E-state index in [-0.39, 0.29) is 17.1 Å². The number of amides is 1. The van der Waals surface area contributed by atoms with Gasteiger partial charge in [-0.25, -0.2) is 13.4 Å². The minimum absolute atomic E-state index is 0.0627. The third-order valence-electron chi connectivity index (χ3n) is 3.69. The molecule has 23 heavy (non-hydrogen) atoms. The second kappa shape index (κ2) is 5.61. The lowest BCUT2D eigenvalue weighted by atomic mass is 10.1. The Morgan fingerprint density at radius 1 is 1.39 bits per heavy atom. The number of anilines is 2. The quantitative estimate of drug-likeness (QED) is 0.921. The molecule has 2 aromatic rings. The van der Waals surface area contributed by atoms with Gasteiger partial charge in [-0.3, -0.25) is 9.52 Å². The Labute approximate surface area is 139 Å². The molecule has 3 rings (SSSR count). The summed E-state index contributed by atoms with van der Waals surface area (Å²) < 4.78 is 25.0. The van der Waals surface area contributed by atoms with Crippen LogP contribution < -0.4 is 9.62 Å². The monoisotopic (exact) mass is 351 g/mol. The van der Waals surface area contributed by atoms with Gasteiger partial charge in [0.05, 0.1) is 11.9 Å². The summed E-state index contributed by atoms with van der Waals surface area (Å²) in [5.41, 5.74) is 2.59. The Hall–Kier alpha value is -1.93. The van der Waals surface area contributed by atoms with Crippen LogP contribution in [-0.2, 0) is 16.4 Å². The van der Waals surface area contributed by atoms with Gasteiger partial charge in [0.2, 0.25) is 10.0 Å². The number of hydrogen-bond acceptors (Lipinski definition) is 5. The van der Waals surface area contributed by atoms with Gasteiger partial charge in [0, 0.05) is 11.7 Å². The lowest BCUT2D eigenvalue weighted by Crippen LogP contribution is -2.35. The van der Waals surface area contributed by atoms with Crippen LogP contribution in [0.25, 0.3) is 0 Å². The van der Waals surface area contributed by atoms with Crippen molar-refractivity contribution in [3.8, 4) is 0 Å². The van der Waals surface area contributed by atoms with Crippen molar-refractivity contribution < 1.29 is 13.2 Å². The molecule has 0 radical (unpaired) electrons. The second-order valence-corrected chi connectivity index (χ2v) is 8.41. The van der Waals surface area contributed by atoms with Crippen LogP contribution in [0.3, 0.4) is 0 Å². The molecular weight excluding hydrogens is 334 g/mol. The molecule has 0 bridgehead atoms. The SMILES string of the molecule is Cc1nc(NS(C)(=O)=O)sc1C(=O)N1c2ccccc2C[C@@H]1C. The van der Waals surface area contributed by atoms with Crippen LogP contribution in [0.15, 0.2) is 24.3 Å². The molecule has 0 fully saturated rings. The third kappa shape index (κ3) is 3.09. The first kappa shape index (κ1) is 15.9. The molecule has 8 heteroatoms. The van der Waals surface area contributed by atoms with Gasteiger partial charge in [0.1, 0.15) is 4.88 Å². The minimum Gasteiger partial charge on any atom is -0.304 e. The standard InChI is InChI=1S/C15H17N3O3S2/c1-9-8-11-6-4-5-7-12(11)18(9)14(19)13-10(2)16-15(22-13)17-23(3,20)21/h4-7,9H,8H2,1-3H3,(H,16,17)/t9-/m0/s1. The first-order chi connectivity index (χ1) is 10.8. The van der Waals surface area contributed by atoms with E-state index in [0.29, 0.717) is 10.6 Å². The number of aromatic nitrogens is 1. The maximum absolute atomic E-state index is 12.9. The zero-order valence-electron chi connectivity index (χ0n) is 13.0. The van der Waals surface area contributed by atoms with Crippen LogP contribution in [0, 0.1) is 6.92 Å². The molecule has 1 aliphatic heterocycles. The van der Waals surface area contributed by atoms with Gasteiger partial charge in [-0.1, -0.05) is 29.5 Å². The first-order valence-electron chi connectivity index (χ1n) is 7.13. The number of thiazole rings is 1. The highest BCUT2D eigenvalue weighted by atomic mass is 32.2. The number of nitrogens with zero attached hydrogens (tertiary/aromatic N) is 2. The van der Waals surface area contributed by atoms with E-state index in [2.05, 4.69) is 9.71 Å². The molecule has 0 aliphatic carbocycles. The van der Waals surface area contributed by atoms with Gasteiger partial charge in [0.15, 0.2) is 5.13 Å². The number of aryl methyl sites for hydroxylation is 1. The number of benzene rings is 1. The summed E-state index contributed by atoms with van der Waals surface area (Å²) in [5.74, 6) is -0.140. The Balaban J connectivity index is 1.95. The minimum atomic E-state index is -3.41. The van der Waals surface area contributed by atoms with Crippen LogP contribution in [-0.4, -0.2) is 31.6 Å². The van der Waals surface area contributed by atoms with Crippen LogP contribution in [0.1, 0.15) is 27.9 Å². The maximum Gasteiger partial charge on any atom is 0.270 e. The molecule has 1 aromatic carbocycles. The molecule has 1 N–H and O–H groups in total. The fraction of sp³-hybridized carbons (Fsp3) is 0.333. The average molecular weight is 351 g/mol. The van der Waals surface area contributed by atoms with Crippen molar-refractivity contribution in [2.24, 2.45) is 0 Å². The van der Waals surface area contributed by atoms with Gasteiger partial charge >= 0.3 is 0 Å². The molecule has 0 unspecified atom stereocenters. The van der Waals surface area contributed by atoms with Crippen molar-refractivity contribution in [3.63, 3.8) is 0 Å². The van der Waals surface area contributed by atoms with Crippen molar-refractivity contribution in [2.45, 2.75) is 26.3 Å². The predicted octanol–water partition coefficient (Wildman–Crippen LogP) is 2.41. The van der Waals surface area contributed by atoms with Gasteiger partial charge in [-0.15, -0.1) is 0 Å². The number of hydrogen-bond donors (Lipinski definition) is 1. The number of carbonyl (C=O) groups excluding carboxylic acids is 1. The number of fused-ring (bicyclic) bond motifs is 1. The van der Waals surface area contributed by atoms with Gasteiger partial charge in [-0.05, 0) is 31.9 Å². The molecule has 6 nitrogen and oxygen atoms in total. The van der Waals surface area contributed by atoms with Crippen LogP contribution >= 0.6 is 11.3 Å². The summed E-state index contributed by atoms with van der Waals surface area (Å²) in [6, 6.07) is 7.89. The smallest absolute Gasteiger partial charge is 0.270 e. The van der Waals surface area contributed by atoms with E-state index >= 15 is 0 Å². The Kier molecular flexibility index (Phi) is 3.89. The molecule has 0 saturated carbocycles. The number of para-hydroxylation sites is 1. The van der Waals surface area contributed by atoms with Crippen LogP contribution in [0.5, 0.6) is 0 Å². The number of nitrogens with one attached hydrogen (secondary N) is 1. The van der Waals surface area contributed by atoms with Gasteiger partial charge < -0.3 is 4.90 Å². The van der Waals surface area contributed by atoms with E-state index in [9.17, 15) is 13.2 Å². The van der Waals surface area contributed by atoms with Crippen molar-refractivity contribution in [2.75, 3.05) is 15.9 Å². The highest BCUT2D eigenvalue weighted by Crippen LogP contribution is 2.35. The normalized spacial score (nSPS) is 17.2. The summed E-state index contributed by atoms with van der Waals surface area (Å²) in [6.07, 6.45) is 1.87. The molecule has 1 atom stereocenters. The van der Waals surface area contributed by atoms with Crippen LogP contribution in [0.2, 0.25) is 0 Å². The fourth-order valence-electron chi connectivity index (χ4n) is 2.78. The zero-order chi connectivity index (χ0) is 16.8. The number of sulfonamides is 1. The Morgan fingerprint density at radius 2 is 2.09 bits per heavy atom. The summed E-state index contributed by atoms with van der Waals surface area (Å²) in [4.78, 5) is 19.3. The van der Waals surface area contributed by atoms with Crippen molar-refractivity contribution in [3.05, 3.63) is 40.4 Å². The number of carbonyl (C=O) groups is 1. The van der Waals surface area contributed by atoms with Crippen molar-refractivity contribution >= 4 is 38.1 Å². The molecule has 1 aliphatic rings. The second-order valence-electron chi connectivity index (χ2n) is 5.66. The average Bonchev–Trinajstić information content (AvgIpc) is 2.95. The molecule has 1 aromatic heterocycles. The largest absolute Gasteiger partial charge is 0.304 e. The third-order valence-corrected chi connectivity index (χ3v) is 5.44. The Morgan fingerprint density at radius 3 is 2.78 bits per heavy atom.